The van der Waals surface area contributed by atoms with Gasteiger partial charge >= 0.3 is 0 Å². The summed E-state index contributed by atoms with van der Waals surface area (Å²) in [5.74, 6) is 1.01. The van der Waals surface area contributed by atoms with Gasteiger partial charge in [0.15, 0.2) is 0 Å². The summed E-state index contributed by atoms with van der Waals surface area (Å²) in [6, 6.07) is 8.03. The van der Waals surface area contributed by atoms with Gasteiger partial charge in [0, 0.05) is 17.8 Å². The summed E-state index contributed by atoms with van der Waals surface area (Å²) in [7, 11) is 1.55. The highest BCUT2D eigenvalue weighted by molar-refractivity contribution is 6.03. The fourth-order valence-corrected chi connectivity index (χ4v) is 1.88. The van der Waals surface area contributed by atoms with E-state index in [1.807, 2.05) is 31.2 Å². The predicted molar refractivity (Wildman–Crippen MR) is 74.5 cm³/mol. The van der Waals surface area contributed by atoms with E-state index < -0.39 is 0 Å². The maximum atomic E-state index is 4.82. The lowest BCUT2D eigenvalue weighted by atomic mass is 10.1. The fraction of sp³-hybridized carbons (Fsp3) is 0.385. The third-order valence-corrected chi connectivity index (χ3v) is 2.73. The van der Waals surface area contributed by atoms with Crippen molar-refractivity contribution in [3.8, 4) is 0 Å². The van der Waals surface area contributed by atoms with Crippen LogP contribution in [0.2, 0.25) is 0 Å². The van der Waals surface area contributed by atoms with Crippen molar-refractivity contribution in [3.05, 3.63) is 29.8 Å². The van der Waals surface area contributed by atoms with E-state index in [0.717, 1.165) is 35.9 Å². The lowest BCUT2D eigenvalue weighted by Crippen LogP contribution is -2.26. The number of nitrogens with one attached hydrogen (secondary N) is 2. The molecule has 0 atom stereocenters. The Bertz CT molecular complexity index is 468. The Morgan fingerprint density at radius 2 is 2.33 bits per heavy atom. The van der Waals surface area contributed by atoms with Crippen molar-refractivity contribution in [1.29, 1.82) is 0 Å². The van der Waals surface area contributed by atoms with E-state index >= 15 is 0 Å². The van der Waals surface area contributed by atoms with Crippen molar-refractivity contribution in [1.82, 2.24) is 5.32 Å². The second kappa shape index (κ2) is 6.05. The molecule has 0 fully saturated rings. The smallest absolute Gasteiger partial charge is 0.116 e. The zero-order chi connectivity index (χ0) is 12.8. The fourth-order valence-electron chi connectivity index (χ4n) is 1.88. The highest BCUT2D eigenvalue weighted by Gasteiger charge is 2.08. The maximum absolute atomic E-state index is 4.82. The quantitative estimate of drug-likeness (QED) is 0.611. The monoisotopic (exact) mass is 246 g/mol. The van der Waals surface area contributed by atoms with Crippen molar-refractivity contribution in [2.75, 3.05) is 32.1 Å². The Kier molecular flexibility index (Phi) is 4.17. The van der Waals surface area contributed by atoms with Gasteiger partial charge in [0.1, 0.15) is 12.9 Å². The first-order chi connectivity index (χ1) is 8.81. The number of para-hydroxylation sites is 1. The molecule has 0 unspecified atom stereocenters. The van der Waals surface area contributed by atoms with Gasteiger partial charge in [-0.05, 0) is 13.0 Å². The Morgan fingerprint density at radius 1 is 1.50 bits per heavy atom. The van der Waals surface area contributed by atoms with E-state index in [0.29, 0.717) is 6.54 Å². The van der Waals surface area contributed by atoms with Crippen molar-refractivity contribution < 1.29 is 4.84 Å². The van der Waals surface area contributed by atoms with Gasteiger partial charge in [-0.1, -0.05) is 23.4 Å². The molecule has 18 heavy (non-hydrogen) atoms. The minimum atomic E-state index is 0.706. The van der Waals surface area contributed by atoms with Crippen LogP contribution in [-0.4, -0.2) is 38.3 Å². The van der Waals surface area contributed by atoms with Crippen LogP contribution in [0.1, 0.15) is 12.5 Å². The molecule has 0 bridgehead atoms. The number of hydrogen-bond donors (Lipinski definition) is 2. The van der Waals surface area contributed by atoms with E-state index in [2.05, 4.69) is 20.8 Å². The lowest BCUT2D eigenvalue weighted by Gasteiger charge is -2.11. The summed E-state index contributed by atoms with van der Waals surface area (Å²) in [5, 5.41) is 10.6. The van der Waals surface area contributed by atoms with E-state index in [1.165, 1.54) is 0 Å². The molecule has 1 aliphatic rings. The third-order valence-electron chi connectivity index (χ3n) is 2.73. The van der Waals surface area contributed by atoms with Gasteiger partial charge in [-0.2, -0.15) is 0 Å². The van der Waals surface area contributed by atoms with Crippen LogP contribution < -0.4 is 10.6 Å². The molecule has 0 aromatic heterocycles. The van der Waals surface area contributed by atoms with Crippen LogP contribution in [0, 0.1) is 0 Å². The number of oxime groups is 1. The van der Waals surface area contributed by atoms with Gasteiger partial charge in [-0.25, -0.2) is 0 Å². The summed E-state index contributed by atoms with van der Waals surface area (Å²) in [4.78, 5) is 9.16. The molecule has 0 amide bonds. The molecule has 1 aromatic rings. The minimum Gasteiger partial charge on any atom is -0.399 e. The zero-order valence-electron chi connectivity index (χ0n) is 10.7. The number of amidine groups is 1. The standard InChI is InChI=1S/C13H18N4O/c1-10(17-18-2)11-5-3-4-6-12(11)16-9-13-14-7-8-15-13/h3-6,16H,7-9H2,1-2H3,(H,14,15)/b17-10+. The molecule has 0 saturated carbocycles. The second-order valence-electron chi connectivity index (χ2n) is 4.01. The normalized spacial score (nSPS) is 15.0. The first-order valence-electron chi connectivity index (χ1n) is 5.99. The topological polar surface area (TPSA) is 58.0 Å². The Hall–Kier alpha value is -2.04. The highest BCUT2D eigenvalue weighted by atomic mass is 16.6. The Morgan fingerprint density at radius 3 is 3.06 bits per heavy atom. The Balaban J connectivity index is 2.09. The van der Waals surface area contributed by atoms with Gasteiger partial charge in [0.25, 0.3) is 0 Å². The highest BCUT2D eigenvalue weighted by Crippen LogP contribution is 2.16. The van der Waals surface area contributed by atoms with Crippen LogP contribution in [-0.2, 0) is 4.84 Å². The predicted octanol–water partition coefficient (Wildman–Crippen LogP) is 1.47. The molecule has 5 heteroatoms. The van der Waals surface area contributed by atoms with Gasteiger partial charge < -0.3 is 15.5 Å². The molecule has 0 saturated heterocycles. The molecule has 1 aromatic carbocycles. The molecule has 1 heterocycles. The van der Waals surface area contributed by atoms with Crippen molar-refractivity contribution >= 4 is 17.2 Å². The van der Waals surface area contributed by atoms with E-state index in [4.69, 9.17) is 4.84 Å². The van der Waals surface area contributed by atoms with Gasteiger partial charge in [0.05, 0.1) is 18.8 Å². The summed E-state index contributed by atoms with van der Waals surface area (Å²) in [6.45, 7) is 4.43. The number of nitrogens with zero attached hydrogens (tertiary/aromatic N) is 2. The van der Waals surface area contributed by atoms with Crippen LogP contribution in [0.15, 0.2) is 34.4 Å². The van der Waals surface area contributed by atoms with Crippen LogP contribution in [0.25, 0.3) is 0 Å². The van der Waals surface area contributed by atoms with Crippen molar-refractivity contribution in [3.63, 3.8) is 0 Å². The zero-order valence-corrected chi connectivity index (χ0v) is 10.7. The molecule has 96 valence electrons. The number of hydrogen-bond acceptors (Lipinski definition) is 5. The van der Waals surface area contributed by atoms with Crippen molar-refractivity contribution in [2.45, 2.75) is 6.92 Å². The van der Waals surface area contributed by atoms with Crippen LogP contribution >= 0.6 is 0 Å². The summed E-state index contributed by atoms with van der Waals surface area (Å²) >= 11 is 0. The minimum absolute atomic E-state index is 0.706. The SMILES string of the molecule is CO/N=C(\C)c1ccccc1NCC1=NCCN1. The van der Waals surface area contributed by atoms with E-state index in [9.17, 15) is 0 Å². The average Bonchev–Trinajstić information content (AvgIpc) is 2.90. The van der Waals surface area contributed by atoms with E-state index in [1.54, 1.807) is 7.11 Å². The molecule has 1 aliphatic heterocycles. The summed E-state index contributed by atoms with van der Waals surface area (Å²) < 4.78 is 0. The van der Waals surface area contributed by atoms with E-state index in [-0.39, 0.29) is 0 Å². The molecule has 5 nitrogen and oxygen atoms in total. The number of rotatable bonds is 5. The third kappa shape index (κ3) is 3.00. The molecule has 2 N–H and O–H groups in total. The number of anilines is 1. The van der Waals surface area contributed by atoms with Gasteiger partial charge in [-0.3, -0.25) is 4.99 Å². The van der Waals surface area contributed by atoms with Gasteiger partial charge in [0.2, 0.25) is 0 Å². The van der Waals surface area contributed by atoms with Crippen LogP contribution in [0.4, 0.5) is 5.69 Å². The first kappa shape index (κ1) is 12.4. The Labute approximate surface area is 107 Å². The average molecular weight is 246 g/mol. The first-order valence-corrected chi connectivity index (χ1v) is 5.99. The molecule has 0 spiro atoms. The number of benzene rings is 1. The molecule has 0 aliphatic carbocycles. The molecule has 0 radical (unpaired) electrons. The van der Waals surface area contributed by atoms with Crippen LogP contribution in [0.3, 0.4) is 0 Å². The van der Waals surface area contributed by atoms with Crippen LogP contribution in [0.5, 0.6) is 0 Å². The second-order valence-corrected chi connectivity index (χ2v) is 4.01. The lowest BCUT2D eigenvalue weighted by molar-refractivity contribution is 0.213. The van der Waals surface area contributed by atoms with Gasteiger partial charge in [-0.15, -0.1) is 0 Å². The molecule has 2 rings (SSSR count). The maximum Gasteiger partial charge on any atom is 0.116 e. The summed E-state index contributed by atoms with van der Waals surface area (Å²) in [5.41, 5.74) is 2.92. The molecular formula is C13H18N4O. The largest absolute Gasteiger partial charge is 0.399 e. The molecular weight excluding hydrogens is 228 g/mol. The van der Waals surface area contributed by atoms with Crippen molar-refractivity contribution in [2.24, 2.45) is 10.1 Å². The summed E-state index contributed by atoms with van der Waals surface area (Å²) in [6.07, 6.45) is 0. The number of aliphatic imine (C=N–C) groups is 1.